The van der Waals surface area contributed by atoms with Crippen molar-refractivity contribution in [1.29, 1.82) is 0 Å². The maximum absolute atomic E-state index is 13.3. The molecule has 7 nitrogen and oxygen atoms in total. The SMILES string of the molecule is CN(C)C(=O)[C@@H]1CN(S(=O)(=O)c2ccc(F)cc2)C[C@]12Cc1ccccc1C(=O)N2. The Balaban J connectivity index is 1.76. The van der Waals surface area contributed by atoms with Crippen LogP contribution in [0.5, 0.6) is 0 Å². The summed E-state index contributed by atoms with van der Waals surface area (Å²) in [5.41, 5.74) is 0.248. The van der Waals surface area contributed by atoms with Crippen molar-refractivity contribution in [1.82, 2.24) is 14.5 Å². The second kappa shape index (κ2) is 7.17. The van der Waals surface area contributed by atoms with Gasteiger partial charge in [-0.05, 0) is 42.3 Å². The zero-order chi connectivity index (χ0) is 21.7. The minimum atomic E-state index is -3.97. The molecule has 0 radical (unpaired) electrons. The molecule has 0 unspecified atom stereocenters. The van der Waals surface area contributed by atoms with Crippen molar-refractivity contribution in [2.75, 3.05) is 27.2 Å². The van der Waals surface area contributed by atoms with Crippen LogP contribution in [0, 0.1) is 11.7 Å². The number of rotatable bonds is 3. The summed E-state index contributed by atoms with van der Waals surface area (Å²) in [6, 6.07) is 11.7. The Kier molecular flexibility index (Phi) is 4.90. The fourth-order valence-corrected chi connectivity index (χ4v) is 5.84. The van der Waals surface area contributed by atoms with E-state index in [-0.39, 0.29) is 29.8 Å². The first kappa shape index (κ1) is 20.5. The van der Waals surface area contributed by atoms with E-state index in [2.05, 4.69) is 5.32 Å². The lowest BCUT2D eigenvalue weighted by Gasteiger charge is -2.39. The van der Waals surface area contributed by atoms with E-state index in [1.165, 1.54) is 21.3 Å². The second-order valence-corrected chi connectivity index (χ2v) is 9.92. The third kappa shape index (κ3) is 3.27. The molecule has 2 aromatic carbocycles. The van der Waals surface area contributed by atoms with Crippen LogP contribution >= 0.6 is 0 Å². The number of nitrogens with zero attached hydrogens (tertiary/aromatic N) is 2. The topological polar surface area (TPSA) is 86.8 Å². The summed E-state index contributed by atoms with van der Waals surface area (Å²) in [5, 5.41) is 2.94. The van der Waals surface area contributed by atoms with E-state index in [0.29, 0.717) is 12.0 Å². The predicted octanol–water partition coefficient (Wildman–Crippen LogP) is 1.26. The molecular weight excluding hydrogens is 409 g/mol. The van der Waals surface area contributed by atoms with Crippen molar-refractivity contribution in [3.63, 3.8) is 0 Å². The Bertz CT molecular complexity index is 1120. The van der Waals surface area contributed by atoms with E-state index < -0.39 is 27.3 Å². The van der Waals surface area contributed by atoms with Gasteiger partial charge in [0.2, 0.25) is 15.9 Å². The standard InChI is InChI=1S/C21H22FN3O4S/c1-24(2)20(27)18-12-25(30(28,29)16-9-7-15(22)8-10-16)13-21(18)11-14-5-3-4-6-17(14)19(26)23-21/h3-10,18H,11-13H2,1-2H3,(H,23,26)/t18-,21+/m0/s1. The third-order valence-electron chi connectivity index (χ3n) is 5.83. The highest BCUT2D eigenvalue weighted by atomic mass is 32.2. The van der Waals surface area contributed by atoms with Gasteiger partial charge in [0.25, 0.3) is 5.91 Å². The minimum Gasteiger partial charge on any atom is -0.348 e. The Labute approximate surface area is 174 Å². The smallest absolute Gasteiger partial charge is 0.252 e. The lowest BCUT2D eigenvalue weighted by molar-refractivity contribution is -0.134. The number of carbonyl (C=O) groups is 2. The summed E-state index contributed by atoms with van der Waals surface area (Å²) in [6.45, 7) is -0.115. The van der Waals surface area contributed by atoms with Crippen LogP contribution < -0.4 is 5.32 Å². The predicted molar refractivity (Wildman–Crippen MR) is 108 cm³/mol. The molecule has 9 heteroatoms. The number of nitrogens with one attached hydrogen (secondary N) is 1. The molecule has 1 N–H and O–H groups in total. The van der Waals surface area contributed by atoms with Crippen LogP contribution in [0.15, 0.2) is 53.4 Å². The summed E-state index contributed by atoms with van der Waals surface area (Å²) >= 11 is 0. The molecule has 1 saturated heterocycles. The molecule has 2 atom stereocenters. The molecule has 2 heterocycles. The molecule has 1 spiro atoms. The molecule has 2 amide bonds. The van der Waals surface area contributed by atoms with Gasteiger partial charge in [-0.1, -0.05) is 18.2 Å². The van der Waals surface area contributed by atoms with Crippen LogP contribution in [0.3, 0.4) is 0 Å². The maximum Gasteiger partial charge on any atom is 0.252 e. The first-order valence-corrected chi connectivity index (χ1v) is 11.0. The molecular formula is C21H22FN3O4S. The summed E-state index contributed by atoms with van der Waals surface area (Å²) in [4.78, 5) is 27.2. The fraction of sp³-hybridized carbons (Fsp3) is 0.333. The molecule has 0 aliphatic carbocycles. The van der Waals surface area contributed by atoms with Crippen molar-refractivity contribution in [2.45, 2.75) is 16.9 Å². The lowest BCUT2D eigenvalue weighted by Crippen LogP contribution is -2.61. The summed E-state index contributed by atoms with van der Waals surface area (Å²) in [6.07, 6.45) is 0.342. The van der Waals surface area contributed by atoms with Crippen molar-refractivity contribution in [2.24, 2.45) is 5.92 Å². The number of benzene rings is 2. The first-order valence-electron chi connectivity index (χ1n) is 9.51. The monoisotopic (exact) mass is 431 g/mol. The summed E-state index contributed by atoms with van der Waals surface area (Å²) in [5.74, 6) is -1.87. The normalized spacial score (nSPS) is 23.8. The number of hydrogen-bond acceptors (Lipinski definition) is 4. The van der Waals surface area contributed by atoms with Crippen molar-refractivity contribution in [3.8, 4) is 0 Å². The van der Waals surface area contributed by atoms with Crippen LogP contribution in [-0.2, 0) is 21.2 Å². The van der Waals surface area contributed by atoms with Gasteiger partial charge in [0.15, 0.2) is 0 Å². The number of halogens is 1. The summed E-state index contributed by atoms with van der Waals surface area (Å²) in [7, 11) is -0.767. The number of carbonyl (C=O) groups excluding carboxylic acids is 2. The molecule has 1 fully saturated rings. The molecule has 2 aliphatic heterocycles. The Hall–Kier alpha value is -2.78. The highest BCUT2D eigenvalue weighted by molar-refractivity contribution is 7.89. The number of amides is 2. The largest absolute Gasteiger partial charge is 0.348 e. The molecule has 30 heavy (non-hydrogen) atoms. The van der Waals surface area contributed by atoms with Crippen LogP contribution in [0.4, 0.5) is 4.39 Å². The van der Waals surface area contributed by atoms with Crippen molar-refractivity contribution >= 4 is 21.8 Å². The van der Waals surface area contributed by atoms with Gasteiger partial charge in [-0.3, -0.25) is 9.59 Å². The van der Waals surface area contributed by atoms with E-state index in [9.17, 15) is 22.4 Å². The average Bonchev–Trinajstić information content (AvgIpc) is 3.06. The van der Waals surface area contributed by atoms with E-state index in [1.807, 2.05) is 12.1 Å². The molecule has 2 aromatic rings. The molecule has 0 aromatic heterocycles. The second-order valence-electron chi connectivity index (χ2n) is 7.98. The zero-order valence-corrected chi connectivity index (χ0v) is 17.4. The van der Waals surface area contributed by atoms with Gasteiger partial charge in [0.1, 0.15) is 5.82 Å². The van der Waals surface area contributed by atoms with Crippen LogP contribution in [-0.4, -0.2) is 62.2 Å². The number of hydrogen-bond donors (Lipinski definition) is 1. The van der Waals surface area contributed by atoms with Gasteiger partial charge >= 0.3 is 0 Å². The van der Waals surface area contributed by atoms with Gasteiger partial charge < -0.3 is 10.2 Å². The van der Waals surface area contributed by atoms with Crippen LogP contribution in [0.1, 0.15) is 15.9 Å². The highest BCUT2D eigenvalue weighted by Crippen LogP contribution is 2.38. The van der Waals surface area contributed by atoms with Gasteiger partial charge in [-0.2, -0.15) is 4.31 Å². The molecule has 0 saturated carbocycles. The Morgan fingerprint density at radius 1 is 1.17 bits per heavy atom. The van der Waals surface area contributed by atoms with Crippen LogP contribution in [0.2, 0.25) is 0 Å². The summed E-state index contributed by atoms with van der Waals surface area (Å²) < 4.78 is 40.9. The van der Waals surface area contributed by atoms with Crippen LogP contribution in [0.25, 0.3) is 0 Å². The highest BCUT2D eigenvalue weighted by Gasteiger charge is 2.56. The molecule has 2 aliphatic rings. The number of sulfonamides is 1. The average molecular weight is 431 g/mol. The van der Waals surface area contributed by atoms with Gasteiger partial charge in [0, 0.05) is 32.7 Å². The van der Waals surface area contributed by atoms with Gasteiger partial charge in [-0.15, -0.1) is 0 Å². The third-order valence-corrected chi connectivity index (χ3v) is 7.66. The number of fused-ring (bicyclic) bond motifs is 1. The molecule has 158 valence electrons. The van der Waals surface area contributed by atoms with Gasteiger partial charge in [0.05, 0.1) is 16.4 Å². The molecule has 0 bridgehead atoms. The lowest BCUT2D eigenvalue weighted by atomic mass is 9.77. The quantitative estimate of drug-likeness (QED) is 0.793. The minimum absolute atomic E-state index is 0.0446. The maximum atomic E-state index is 13.3. The molecule has 4 rings (SSSR count). The zero-order valence-electron chi connectivity index (χ0n) is 16.6. The van der Waals surface area contributed by atoms with E-state index in [0.717, 1.165) is 17.7 Å². The Morgan fingerprint density at radius 3 is 2.50 bits per heavy atom. The van der Waals surface area contributed by atoms with E-state index >= 15 is 0 Å². The van der Waals surface area contributed by atoms with Gasteiger partial charge in [-0.25, -0.2) is 12.8 Å². The first-order chi connectivity index (χ1) is 14.1. The van der Waals surface area contributed by atoms with Crippen molar-refractivity contribution < 1.29 is 22.4 Å². The van der Waals surface area contributed by atoms with E-state index in [4.69, 9.17) is 0 Å². The van der Waals surface area contributed by atoms with Crippen molar-refractivity contribution in [3.05, 3.63) is 65.5 Å². The fourth-order valence-electron chi connectivity index (χ4n) is 4.31. The Morgan fingerprint density at radius 2 is 1.83 bits per heavy atom. The van der Waals surface area contributed by atoms with E-state index in [1.54, 1.807) is 26.2 Å².